The first-order valence-electron chi connectivity index (χ1n) is 7.17. The van der Waals surface area contributed by atoms with Crippen LogP contribution in [0.1, 0.15) is 37.7 Å². The van der Waals surface area contributed by atoms with Crippen LogP contribution in [0.2, 0.25) is 0 Å². The molecule has 1 unspecified atom stereocenters. The van der Waals surface area contributed by atoms with Crippen molar-refractivity contribution in [2.24, 2.45) is 0 Å². The molecule has 2 heterocycles. The van der Waals surface area contributed by atoms with Gasteiger partial charge in [0.15, 0.2) is 0 Å². The molecule has 1 aromatic carbocycles. The zero-order valence-electron chi connectivity index (χ0n) is 11.7. The lowest BCUT2D eigenvalue weighted by molar-refractivity contribution is 0.501. The highest BCUT2D eigenvalue weighted by Gasteiger charge is 2.22. The zero-order valence-corrected chi connectivity index (χ0v) is 11.7. The average Bonchev–Trinajstić information content (AvgIpc) is 2.87. The van der Waals surface area contributed by atoms with Gasteiger partial charge in [0.05, 0.1) is 5.69 Å². The van der Waals surface area contributed by atoms with E-state index < -0.39 is 0 Å². The third-order valence-electron chi connectivity index (χ3n) is 3.99. The van der Waals surface area contributed by atoms with Crippen molar-refractivity contribution in [2.45, 2.75) is 39.3 Å². The van der Waals surface area contributed by atoms with E-state index in [0.29, 0.717) is 6.04 Å². The molecular weight excluding hydrogens is 234 g/mol. The second-order valence-corrected chi connectivity index (χ2v) is 5.25. The smallest absolute Gasteiger partial charge is 0.140 e. The van der Waals surface area contributed by atoms with E-state index in [-0.39, 0.29) is 0 Å². The number of aromatic nitrogens is 2. The molecule has 0 saturated carbocycles. The van der Waals surface area contributed by atoms with Crippen molar-refractivity contribution < 1.29 is 0 Å². The van der Waals surface area contributed by atoms with Crippen LogP contribution in [0.15, 0.2) is 30.3 Å². The summed E-state index contributed by atoms with van der Waals surface area (Å²) in [6.45, 7) is 6.49. The first-order chi connectivity index (χ1) is 9.31. The van der Waals surface area contributed by atoms with Gasteiger partial charge >= 0.3 is 0 Å². The number of nitrogens with zero attached hydrogens (tertiary/aromatic N) is 2. The predicted octanol–water partition coefficient (Wildman–Crippen LogP) is 3.17. The maximum atomic E-state index is 4.89. The van der Waals surface area contributed by atoms with E-state index in [0.717, 1.165) is 31.8 Å². The van der Waals surface area contributed by atoms with Gasteiger partial charge in [0.2, 0.25) is 0 Å². The Hall–Kier alpha value is -1.61. The van der Waals surface area contributed by atoms with Gasteiger partial charge in [-0.25, -0.2) is 4.98 Å². The monoisotopic (exact) mass is 255 g/mol. The lowest BCUT2D eigenvalue weighted by Crippen LogP contribution is -2.25. The third-order valence-corrected chi connectivity index (χ3v) is 3.99. The summed E-state index contributed by atoms with van der Waals surface area (Å²) >= 11 is 0. The fourth-order valence-corrected chi connectivity index (χ4v) is 2.78. The molecule has 0 aliphatic carbocycles. The molecule has 1 aromatic heterocycles. The molecule has 0 fully saturated rings. The highest BCUT2D eigenvalue weighted by atomic mass is 15.1. The molecule has 19 heavy (non-hydrogen) atoms. The van der Waals surface area contributed by atoms with Crippen LogP contribution in [0.25, 0.3) is 11.4 Å². The molecule has 1 N–H and O–H groups in total. The highest BCUT2D eigenvalue weighted by Crippen LogP contribution is 2.29. The summed E-state index contributed by atoms with van der Waals surface area (Å²) in [6.07, 6.45) is 2.22. The van der Waals surface area contributed by atoms with Crippen molar-refractivity contribution in [2.75, 3.05) is 6.54 Å². The minimum Gasteiger partial charge on any atom is -0.325 e. The molecule has 0 amide bonds. The summed E-state index contributed by atoms with van der Waals surface area (Å²) in [5.74, 6) is 1.13. The van der Waals surface area contributed by atoms with Crippen LogP contribution < -0.4 is 5.32 Å². The third kappa shape index (κ3) is 2.19. The molecule has 1 atom stereocenters. The van der Waals surface area contributed by atoms with Crippen molar-refractivity contribution >= 4 is 0 Å². The van der Waals surface area contributed by atoms with E-state index in [4.69, 9.17) is 4.98 Å². The molecule has 0 saturated heterocycles. The van der Waals surface area contributed by atoms with Crippen molar-refractivity contribution in [3.63, 3.8) is 0 Å². The van der Waals surface area contributed by atoms with Crippen LogP contribution in [0.4, 0.5) is 0 Å². The Bertz CT molecular complexity index is 557. The second kappa shape index (κ2) is 5.17. The SMILES string of the molecule is CCC(C)n1c(-c2ccccc2)nc2c1CCNC2. The van der Waals surface area contributed by atoms with Crippen LogP contribution >= 0.6 is 0 Å². The highest BCUT2D eigenvalue weighted by molar-refractivity contribution is 5.57. The van der Waals surface area contributed by atoms with Gasteiger partial charge in [-0.15, -0.1) is 0 Å². The fraction of sp³-hybridized carbons (Fsp3) is 0.438. The van der Waals surface area contributed by atoms with Crippen LogP contribution in [0.5, 0.6) is 0 Å². The second-order valence-electron chi connectivity index (χ2n) is 5.25. The van der Waals surface area contributed by atoms with Crippen LogP contribution in [0, 0.1) is 0 Å². The molecule has 1 aliphatic rings. The Morgan fingerprint density at radius 2 is 2.11 bits per heavy atom. The minimum atomic E-state index is 0.504. The topological polar surface area (TPSA) is 29.9 Å². The Morgan fingerprint density at radius 1 is 1.32 bits per heavy atom. The quantitative estimate of drug-likeness (QED) is 0.913. The lowest BCUT2D eigenvalue weighted by atomic mass is 10.1. The van der Waals surface area contributed by atoms with Gasteiger partial charge in [-0.2, -0.15) is 0 Å². The van der Waals surface area contributed by atoms with Gasteiger partial charge < -0.3 is 9.88 Å². The summed E-state index contributed by atoms with van der Waals surface area (Å²) in [4.78, 5) is 4.89. The summed E-state index contributed by atoms with van der Waals surface area (Å²) in [5, 5.41) is 3.41. The number of imidazole rings is 1. The first-order valence-corrected chi connectivity index (χ1v) is 7.17. The van der Waals surface area contributed by atoms with Crippen LogP contribution in [0.3, 0.4) is 0 Å². The summed E-state index contributed by atoms with van der Waals surface area (Å²) in [6, 6.07) is 11.0. The minimum absolute atomic E-state index is 0.504. The van der Waals surface area contributed by atoms with Gasteiger partial charge in [-0.1, -0.05) is 37.3 Å². The molecule has 2 aromatic rings. The van der Waals surface area contributed by atoms with E-state index in [2.05, 4.69) is 54.1 Å². The Labute approximate surface area is 114 Å². The lowest BCUT2D eigenvalue weighted by Gasteiger charge is -2.20. The van der Waals surface area contributed by atoms with Crippen molar-refractivity contribution in [1.29, 1.82) is 0 Å². The van der Waals surface area contributed by atoms with E-state index in [9.17, 15) is 0 Å². The summed E-state index contributed by atoms with van der Waals surface area (Å²) in [5.41, 5.74) is 3.87. The molecule has 3 rings (SSSR count). The molecule has 100 valence electrons. The zero-order chi connectivity index (χ0) is 13.2. The maximum absolute atomic E-state index is 4.89. The van der Waals surface area contributed by atoms with E-state index in [1.54, 1.807) is 0 Å². The number of nitrogens with one attached hydrogen (secondary N) is 1. The molecular formula is C16H21N3. The van der Waals surface area contributed by atoms with Crippen molar-refractivity contribution in [1.82, 2.24) is 14.9 Å². The standard InChI is InChI=1S/C16H21N3/c1-3-12(2)19-15-9-10-17-11-14(15)18-16(19)13-7-5-4-6-8-13/h4-8,12,17H,3,9-11H2,1-2H3. The Balaban J connectivity index is 2.15. The molecule has 1 aliphatic heterocycles. The Morgan fingerprint density at radius 3 is 2.84 bits per heavy atom. The summed E-state index contributed by atoms with van der Waals surface area (Å²) in [7, 11) is 0. The van der Waals surface area contributed by atoms with Gasteiger partial charge in [0, 0.05) is 36.8 Å². The van der Waals surface area contributed by atoms with E-state index >= 15 is 0 Å². The number of benzene rings is 1. The fourth-order valence-electron chi connectivity index (χ4n) is 2.78. The number of rotatable bonds is 3. The average molecular weight is 255 g/mol. The maximum Gasteiger partial charge on any atom is 0.140 e. The number of hydrogen-bond donors (Lipinski definition) is 1. The molecule has 3 heteroatoms. The van der Waals surface area contributed by atoms with Gasteiger partial charge in [0.25, 0.3) is 0 Å². The number of fused-ring (bicyclic) bond motifs is 1. The largest absolute Gasteiger partial charge is 0.325 e. The molecule has 0 bridgehead atoms. The predicted molar refractivity (Wildman–Crippen MR) is 78.1 cm³/mol. The van der Waals surface area contributed by atoms with E-state index in [1.165, 1.54) is 17.0 Å². The normalized spacial score (nSPS) is 16.1. The van der Waals surface area contributed by atoms with Gasteiger partial charge in [-0.3, -0.25) is 0 Å². The molecule has 0 radical (unpaired) electrons. The van der Waals surface area contributed by atoms with Crippen LogP contribution in [-0.2, 0) is 13.0 Å². The summed E-state index contributed by atoms with van der Waals surface area (Å²) < 4.78 is 2.45. The van der Waals surface area contributed by atoms with Crippen LogP contribution in [-0.4, -0.2) is 16.1 Å². The van der Waals surface area contributed by atoms with Gasteiger partial charge in [-0.05, 0) is 13.3 Å². The van der Waals surface area contributed by atoms with E-state index in [1.807, 2.05) is 0 Å². The molecule has 0 spiro atoms. The van der Waals surface area contributed by atoms with Gasteiger partial charge in [0.1, 0.15) is 5.82 Å². The van der Waals surface area contributed by atoms with Crippen molar-refractivity contribution in [3.8, 4) is 11.4 Å². The number of hydrogen-bond acceptors (Lipinski definition) is 2. The van der Waals surface area contributed by atoms with Crippen molar-refractivity contribution in [3.05, 3.63) is 41.7 Å². The molecule has 3 nitrogen and oxygen atoms in total. The Kier molecular flexibility index (Phi) is 3.38. The first kappa shape index (κ1) is 12.4.